The summed E-state index contributed by atoms with van der Waals surface area (Å²) < 4.78 is 14.6. The van der Waals surface area contributed by atoms with Crippen LogP contribution in [0.3, 0.4) is 0 Å². The van der Waals surface area contributed by atoms with Crippen molar-refractivity contribution in [2.24, 2.45) is 0 Å². The topological polar surface area (TPSA) is 12.0 Å². The number of nitrogens with one attached hydrogen (secondary N) is 1. The smallest absolute Gasteiger partial charge is 0.124 e. The van der Waals surface area contributed by atoms with Gasteiger partial charge < -0.3 is 5.32 Å². The first kappa shape index (κ1) is 11.6. The molecule has 0 aliphatic rings. The quantitative estimate of drug-likeness (QED) is 0.799. The lowest BCUT2D eigenvalue weighted by atomic mass is 10.2. The summed E-state index contributed by atoms with van der Waals surface area (Å²) in [6.07, 6.45) is 0. The number of halogens is 3. The van der Waals surface area contributed by atoms with Crippen molar-refractivity contribution >= 4 is 43.2 Å². The third-order valence-electron chi connectivity index (χ3n) is 2.07. The minimum Gasteiger partial charge on any atom is -0.354 e. The predicted molar refractivity (Wildman–Crippen MR) is 71.5 cm³/mol. The fraction of sp³-hybridized carbons (Fsp3) is 0. The summed E-state index contributed by atoms with van der Waals surface area (Å²) in [7, 11) is 0. The van der Waals surface area contributed by atoms with Crippen molar-refractivity contribution in [3.8, 4) is 0 Å². The van der Waals surface area contributed by atoms with Crippen LogP contribution in [0, 0.1) is 5.82 Å². The minimum absolute atomic E-state index is 0.260. The van der Waals surface area contributed by atoms with Crippen LogP contribution in [0.5, 0.6) is 0 Å². The van der Waals surface area contributed by atoms with Crippen molar-refractivity contribution < 1.29 is 4.39 Å². The average Bonchev–Trinajstić information content (AvgIpc) is 2.25. The Morgan fingerprint density at radius 2 is 1.56 bits per heavy atom. The van der Waals surface area contributed by atoms with E-state index in [1.54, 1.807) is 6.07 Å². The van der Waals surface area contributed by atoms with Crippen LogP contribution in [0.4, 0.5) is 15.8 Å². The molecule has 0 aliphatic carbocycles. The van der Waals surface area contributed by atoms with Crippen molar-refractivity contribution in [3.63, 3.8) is 0 Å². The first-order chi connectivity index (χ1) is 7.66. The first-order valence-corrected chi connectivity index (χ1v) is 6.22. The minimum atomic E-state index is -0.260. The number of benzene rings is 2. The highest BCUT2D eigenvalue weighted by molar-refractivity contribution is 9.11. The molecule has 16 heavy (non-hydrogen) atoms. The van der Waals surface area contributed by atoms with Gasteiger partial charge in [0.1, 0.15) is 5.82 Å². The standard InChI is InChI=1S/C12H8Br2FN/c13-9-3-1-2-4-11(9)16-12-6-5-8(15)7-10(12)14/h1-7,16H. The molecule has 0 atom stereocenters. The summed E-state index contributed by atoms with van der Waals surface area (Å²) in [5.74, 6) is -0.260. The van der Waals surface area contributed by atoms with Crippen LogP contribution in [0.25, 0.3) is 0 Å². The lowest BCUT2D eigenvalue weighted by Crippen LogP contribution is -1.92. The van der Waals surface area contributed by atoms with E-state index in [0.29, 0.717) is 4.47 Å². The van der Waals surface area contributed by atoms with E-state index in [2.05, 4.69) is 37.2 Å². The Labute approximate surface area is 110 Å². The summed E-state index contributed by atoms with van der Waals surface area (Å²) in [4.78, 5) is 0. The molecule has 0 fully saturated rings. The molecule has 1 N–H and O–H groups in total. The SMILES string of the molecule is Fc1ccc(Nc2ccccc2Br)c(Br)c1. The highest BCUT2D eigenvalue weighted by Crippen LogP contribution is 2.30. The third-order valence-corrected chi connectivity index (χ3v) is 3.42. The second kappa shape index (κ2) is 4.97. The van der Waals surface area contributed by atoms with Gasteiger partial charge in [0.05, 0.1) is 11.4 Å². The summed E-state index contributed by atoms with van der Waals surface area (Å²) in [6, 6.07) is 12.3. The number of anilines is 2. The number of hydrogen-bond acceptors (Lipinski definition) is 1. The fourth-order valence-corrected chi connectivity index (χ4v) is 2.13. The Morgan fingerprint density at radius 1 is 0.875 bits per heavy atom. The molecular formula is C12H8Br2FN. The molecule has 0 saturated carbocycles. The van der Waals surface area contributed by atoms with Crippen LogP contribution < -0.4 is 5.32 Å². The molecule has 82 valence electrons. The van der Waals surface area contributed by atoms with Gasteiger partial charge in [-0.25, -0.2) is 4.39 Å². The van der Waals surface area contributed by atoms with Crippen LogP contribution in [0.1, 0.15) is 0 Å². The zero-order chi connectivity index (χ0) is 11.5. The van der Waals surface area contributed by atoms with Crippen molar-refractivity contribution in [2.75, 3.05) is 5.32 Å². The maximum absolute atomic E-state index is 12.9. The van der Waals surface area contributed by atoms with Crippen molar-refractivity contribution in [1.82, 2.24) is 0 Å². The number of para-hydroxylation sites is 1. The Bertz CT molecular complexity index is 514. The van der Waals surface area contributed by atoms with Crippen molar-refractivity contribution in [3.05, 3.63) is 57.2 Å². The second-order valence-corrected chi connectivity index (χ2v) is 4.94. The molecule has 2 aromatic rings. The zero-order valence-electron chi connectivity index (χ0n) is 8.18. The second-order valence-electron chi connectivity index (χ2n) is 3.23. The van der Waals surface area contributed by atoms with Gasteiger partial charge in [-0.15, -0.1) is 0 Å². The normalized spacial score (nSPS) is 10.2. The van der Waals surface area contributed by atoms with E-state index in [1.807, 2.05) is 24.3 Å². The predicted octanol–water partition coefficient (Wildman–Crippen LogP) is 5.09. The van der Waals surface area contributed by atoms with Crippen LogP contribution >= 0.6 is 31.9 Å². The summed E-state index contributed by atoms with van der Waals surface area (Å²) in [6.45, 7) is 0. The van der Waals surface area contributed by atoms with Gasteiger partial charge >= 0.3 is 0 Å². The molecule has 0 unspecified atom stereocenters. The monoisotopic (exact) mass is 343 g/mol. The van der Waals surface area contributed by atoms with Crippen LogP contribution in [-0.4, -0.2) is 0 Å². The number of rotatable bonds is 2. The lowest BCUT2D eigenvalue weighted by molar-refractivity contribution is 0.627. The highest BCUT2D eigenvalue weighted by atomic mass is 79.9. The van der Waals surface area contributed by atoms with E-state index >= 15 is 0 Å². The Balaban J connectivity index is 2.31. The van der Waals surface area contributed by atoms with Gasteiger partial charge in [0, 0.05) is 8.95 Å². The summed E-state index contributed by atoms with van der Waals surface area (Å²) in [5, 5.41) is 3.21. The Kier molecular flexibility index (Phi) is 3.61. The molecule has 0 amide bonds. The Morgan fingerprint density at radius 3 is 2.25 bits per heavy atom. The van der Waals surface area contributed by atoms with Gasteiger partial charge in [-0.1, -0.05) is 12.1 Å². The molecule has 0 bridgehead atoms. The summed E-state index contributed by atoms with van der Waals surface area (Å²) in [5.41, 5.74) is 1.77. The number of hydrogen-bond donors (Lipinski definition) is 1. The van der Waals surface area contributed by atoms with E-state index in [-0.39, 0.29) is 5.82 Å². The zero-order valence-corrected chi connectivity index (χ0v) is 11.3. The average molecular weight is 345 g/mol. The largest absolute Gasteiger partial charge is 0.354 e. The maximum Gasteiger partial charge on any atom is 0.124 e. The van der Waals surface area contributed by atoms with Gasteiger partial charge in [-0.2, -0.15) is 0 Å². The fourth-order valence-electron chi connectivity index (χ4n) is 1.30. The van der Waals surface area contributed by atoms with E-state index in [0.717, 1.165) is 15.8 Å². The maximum atomic E-state index is 12.9. The lowest BCUT2D eigenvalue weighted by Gasteiger charge is -2.10. The Hall–Kier alpha value is -0.870. The molecule has 0 spiro atoms. The van der Waals surface area contributed by atoms with Gasteiger partial charge in [0.15, 0.2) is 0 Å². The van der Waals surface area contributed by atoms with E-state index < -0.39 is 0 Å². The van der Waals surface area contributed by atoms with E-state index in [1.165, 1.54) is 12.1 Å². The molecule has 1 nitrogen and oxygen atoms in total. The molecule has 0 radical (unpaired) electrons. The molecule has 2 rings (SSSR count). The van der Waals surface area contributed by atoms with E-state index in [9.17, 15) is 4.39 Å². The third kappa shape index (κ3) is 2.62. The highest BCUT2D eigenvalue weighted by Gasteiger charge is 2.03. The van der Waals surface area contributed by atoms with Crippen LogP contribution in [0.2, 0.25) is 0 Å². The molecule has 4 heteroatoms. The van der Waals surface area contributed by atoms with Crippen molar-refractivity contribution in [2.45, 2.75) is 0 Å². The summed E-state index contributed by atoms with van der Waals surface area (Å²) >= 11 is 6.75. The van der Waals surface area contributed by atoms with Gasteiger partial charge in [-0.3, -0.25) is 0 Å². The van der Waals surface area contributed by atoms with Crippen LogP contribution in [-0.2, 0) is 0 Å². The molecule has 2 aromatic carbocycles. The van der Waals surface area contributed by atoms with Gasteiger partial charge in [-0.05, 0) is 62.2 Å². The van der Waals surface area contributed by atoms with Crippen molar-refractivity contribution in [1.29, 1.82) is 0 Å². The molecular weight excluding hydrogens is 337 g/mol. The molecule has 0 heterocycles. The molecule has 0 aliphatic heterocycles. The molecule has 0 saturated heterocycles. The molecule has 0 aromatic heterocycles. The van der Waals surface area contributed by atoms with E-state index in [4.69, 9.17) is 0 Å². The van der Waals surface area contributed by atoms with Crippen LogP contribution in [0.15, 0.2) is 51.4 Å². The first-order valence-electron chi connectivity index (χ1n) is 4.63. The van der Waals surface area contributed by atoms with Gasteiger partial charge in [0.2, 0.25) is 0 Å². The van der Waals surface area contributed by atoms with Gasteiger partial charge in [0.25, 0.3) is 0 Å².